The number of nitrogens with one attached hydrogen (secondary N) is 1. The van der Waals surface area contributed by atoms with E-state index in [1.54, 1.807) is 0 Å². The van der Waals surface area contributed by atoms with E-state index in [0.29, 0.717) is 19.3 Å². The Morgan fingerprint density at radius 3 is 1.49 bits per heavy atom. The summed E-state index contributed by atoms with van der Waals surface area (Å²) in [7, 11) is 0. The Morgan fingerprint density at radius 2 is 0.981 bits per heavy atom. The Morgan fingerprint density at radius 1 is 0.547 bits per heavy atom. The third-order valence-electron chi connectivity index (χ3n) is 10.2. The van der Waals surface area contributed by atoms with Crippen molar-refractivity contribution in [2.75, 3.05) is 6.61 Å². The van der Waals surface area contributed by atoms with Gasteiger partial charge in [-0.25, -0.2) is 0 Å². The number of amides is 1. The minimum absolute atomic E-state index is 0.0356. The molecule has 310 valence electrons. The number of aliphatic hydroxyl groups is 2. The third-order valence-corrected chi connectivity index (χ3v) is 10.2. The van der Waals surface area contributed by atoms with Gasteiger partial charge >= 0.3 is 5.97 Å². The van der Waals surface area contributed by atoms with Gasteiger partial charge < -0.3 is 20.3 Å². The number of ether oxygens (including phenoxy) is 1. The maximum absolute atomic E-state index is 13.1. The molecule has 6 heteroatoms. The van der Waals surface area contributed by atoms with E-state index in [9.17, 15) is 19.8 Å². The fraction of sp³-hybridized carbons (Fsp3) is 0.830. The van der Waals surface area contributed by atoms with Crippen molar-refractivity contribution >= 4 is 11.9 Å². The molecule has 3 atom stereocenters. The van der Waals surface area contributed by atoms with Gasteiger partial charge in [0.1, 0.15) is 6.10 Å². The molecule has 0 radical (unpaired) electrons. The number of aliphatic hydroxyl groups excluding tert-OH is 2. The van der Waals surface area contributed by atoms with Crippen LogP contribution in [-0.4, -0.2) is 46.9 Å². The fourth-order valence-electron chi connectivity index (χ4n) is 6.72. The van der Waals surface area contributed by atoms with Gasteiger partial charge in [0.2, 0.25) is 5.91 Å². The number of hydrogen-bond donors (Lipinski definition) is 3. The Bertz CT molecular complexity index is 884. The summed E-state index contributed by atoms with van der Waals surface area (Å²) in [4.78, 5) is 25.9. The molecule has 0 aliphatic carbocycles. The van der Waals surface area contributed by atoms with Crippen LogP contribution in [0.3, 0.4) is 0 Å². The van der Waals surface area contributed by atoms with Crippen LogP contribution in [0.2, 0.25) is 0 Å². The first-order valence-electron chi connectivity index (χ1n) is 22.7. The van der Waals surface area contributed by atoms with E-state index >= 15 is 0 Å². The van der Waals surface area contributed by atoms with E-state index in [1.807, 2.05) is 6.08 Å². The number of carbonyl (C=O) groups excluding carboxylic acids is 2. The van der Waals surface area contributed by atoms with Crippen LogP contribution in [0.15, 0.2) is 36.5 Å². The van der Waals surface area contributed by atoms with Crippen molar-refractivity contribution < 1.29 is 24.5 Å². The van der Waals surface area contributed by atoms with Crippen LogP contribution in [0.1, 0.15) is 226 Å². The summed E-state index contributed by atoms with van der Waals surface area (Å²) in [6, 6.07) is -0.715. The molecule has 0 saturated heterocycles. The molecule has 3 N–H and O–H groups in total. The van der Waals surface area contributed by atoms with E-state index in [-0.39, 0.29) is 31.3 Å². The summed E-state index contributed by atoms with van der Waals surface area (Å²) in [5.74, 6) is -0.584. The summed E-state index contributed by atoms with van der Waals surface area (Å²) < 4.78 is 5.84. The van der Waals surface area contributed by atoms with E-state index in [1.165, 1.54) is 122 Å². The van der Waals surface area contributed by atoms with Gasteiger partial charge in [-0.2, -0.15) is 0 Å². The molecule has 0 bridgehead atoms. The molecule has 3 unspecified atom stereocenters. The van der Waals surface area contributed by atoms with Gasteiger partial charge in [0.25, 0.3) is 0 Å². The predicted molar refractivity (Wildman–Crippen MR) is 227 cm³/mol. The smallest absolute Gasteiger partial charge is 0.306 e. The maximum Gasteiger partial charge on any atom is 0.306 e. The molecule has 53 heavy (non-hydrogen) atoms. The minimum atomic E-state index is -0.798. The minimum Gasteiger partial charge on any atom is -0.462 e. The van der Waals surface area contributed by atoms with E-state index < -0.39 is 18.2 Å². The first-order chi connectivity index (χ1) is 26.0. The standard InChI is InChI=1S/C47H87NO5/c1-4-7-10-13-16-19-22-23-25-28-31-34-37-40-47(52)53-43(38-35-32-29-26-24-20-17-14-11-8-5-2)41-46(51)48-44(42-49)45(50)39-36-33-30-27-21-18-15-12-9-6-3/h23,25-26,29,31,34,43-45,49-50H,4-22,24,27-28,30,32-33,35-42H2,1-3H3,(H,48,51)/b25-23-,29-26-,34-31+. The van der Waals surface area contributed by atoms with Crippen LogP contribution in [0.25, 0.3) is 0 Å². The lowest BCUT2D eigenvalue weighted by atomic mass is 10.0. The molecular formula is C47H87NO5. The van der Waals surface area contributed by atoms with Gasteiger partial charge in [0.05, 0.1) is 25.2 Å². The Hall–Kier alpha value is -1.92. The second kappa shape index (κ2) is 41.2. The van der Waals surface area contributed by atoms with Crippen molar-refractivity contribution in [1.82, 2.24) is 5.32 Å². The molecule has 0 aliphatic rings. The highest BCUT2D eigenvalue weighted by atomic mass is 16.5. The first-order valence-corrected chi connectivity index (χ1v) is 22.7. The van der Waals surface area contributed by atoms with Crippen LogP contribution in [0.4, 0.5) is 0 Å². The molecule has 0 aliphatic heterocycles. The van der Waals surface area contributed by atoms with Gasteiger partial charge in [-0.1, -0.05) is 186 Å². The highest BCUT2D eigenvalue weighted by Crippen LogP contribution is 2.16. The van der Waals surface area contributed by atoms with Crippen molar-refractivity contribution in [3.05, 3.63) is 36.5 Å². The van der Waals surface area contributed by atoms with Crippen molar-refractivity contribution in [3.8, 4) is 0 Å². The summed E-state index contributed by atoms with van der Waals surface area (Å²) in [5, 5.41) is 23.6. The lowest BCUT2D eigenvalue weighted by Gasteiger charge is -2.24. The summed E-state index contributed by atoms with van der Waals surface area (Å²) >= 11 is 0. The molecule has 0 aromatic rings. The average molecular weight is 746 g/mol. The first kappa shape index (κ1) is 51.1. The predicted octanol–water partition coefficient (Wildman–Crippen LogP) is 12.9. The molecule has 0 saturated carbocycles. The highest BCUT2D eigenvalue weighted by molar-refractivity contribution is 5.77. The molecule has 0 spiro atoms. The topological polar surface area (TPSA) is 95.9 Å². The van der Waals surface area contributed by atoms with Crippen LogP contribution in [0, 0.1) is 0 Å². The maximum atomic E-state index is 13.1. The normalized spacial score (nSPS) is 13.7. The summed E-state index contributed by atoms with van der Waals surface area (Å²) in [5.41, 5.74) is 0. The SMILES string of the molecule is CCCCCCCC/C=C\C/C=C/CCC(=O)OC(CCC/C=C\CCCCCCCC)CC(=O)NC(CO)C(O)CCCCCCCCCCCC. The average Bonchev–Trinajstić information content (AvgIpc) is 3.15. The molecule has 6 nitrogen and oxygen atoms in total. The monoisotopic (exact) mass is 746 g/mol. The number of allylic oxidation sites excluding steroid dienone is 6. The molecule has 0 aromatic carbocycles. The van der Waals surface area contributed by atoms with Gasteiger partial charge in [-0.3, -0.25) is 9.59 Å². The van der Waals surface area contributed by atoms with E-state index in [2.05, 4.69) is 56.5 Å². The summed E-state index contributed by atoms with van der Waals surface area (Å²) in [6.45, 7) is 6.41. The Kier molecular flexibility index (Phi) is 39.8. The number of hydrogen-bond acceptors (Lipinski definition) is 5. The van der Waals surface area contributed by atoms with Crippen molar-refractivity contribution in [1.29, 1.82) is 0 Å². The molecule has 1 amide bonds. The lowest BCUT2D eigenvalue weighted by molar-refractivity contribution is -0.150. The summed E-state index contributed by atoms with van der Waals surface area (Å²) in [6.07, 6.45) is 46.4. The quantitative estimate of drug-likeness (QED) is 0.0330. The van der Waals surface area contributed by atoms with Crippen LogP contribution in [-0.2, 0) is 14.3 Å². The van der Waals surface area contributed by atoms with Crippen LogP contribution < -0.4 is 5.32 Å². The van der Waals surface area contributed by atoms with Gasteiger partial charge in [0.15, 0.2) is 0 Å². The molecule has 0 rings (SSSR count). The van der Waals surface area contributed by atoms with Gasteiger partial charge in [-0.05, 0) is 64.2 Å². The van der Waals surface area contributed by atoms with Crippen molar-refractivity contribution in [2.45, 2.75) is 244 Å². The second-order valence-electron chi connectivity index (χ2n) is 15.4. The molecule has 0 heterocycles. The molecule has 0 aromatic heterocycles. The van der Waals surface area contributed by atoms with Crippen molar-refractivity contribution in [3.63, 3.8) is 0 Å². The van der Waals surface area contributed by atoms with Gasteiger partial charge in [-0.15, -0.1) is 0 Å². The zero-order valence-electron chi connectivity index (χ0n) is 35.1. The van der Waals surface area contributed by atoms with E-state index in [0.717, 1.165) is 51.4 Å². The number of unbranched alkanes of at least 4 members (excludes halogenated alkanes) is 22. The lowest BCUT2D eigenvalue weighted by Crippen LogP contribution is -2.46. The number of rotatable bonds is 40. The Balaban J connectivity index is 4.69. The van der Waals surface area contributed by atoms with Crippen LogP contribution in [0.5, 0.6) is 0 Å². The number of carbonyl (C=O) groups is 2. The Labute approximate surface area is 328 Å². The zero-order chi connectivity index (χ0) is 38.9. The van der Waals surface area contributed by atoms with Crippen LogP contribution >= 0.6 is 0 Å². The molecular weight excluding hydrogens is 659 g/mol. The second-order valence-corrected chi connectivity index (χ2v) is 15.4. The molecule has 0 fully saturated rings. The van der Waals surface area contributed by atoms with Gasteiger partial charge in [0, 0.05) is 6.42 Å². The highest BCUT2D eigenvalue weighted by Gasteiger charge is 2.23. The third kappa shape index (κ3) is 36.8. The van der Waals surface area contributed by atoms with Crippen molar-refractivity contribution in [2.24, 2.45) is 0 Å². The zero-order valence-corrected chi connectivity index (χ0v) is 35.1. The number of esters is 1. The van der Waals surface area contributed by atoms with E-state index in [4.69, 9.17) is 4.74 Å². The largest absolute Gasteiger partial charge is 0.462 e. The fourth-order valence-corrected chi connectivity index (χ4v) is 6.72.